The van der Waals surface area contributed by atoms with Gasteiger partial charge in [-0.05, 0) is 23.8 Å². The number of nitrogens with zero attached hydrogens (tertiary/aromatic N) is 1. The number of fused-ring (bicyclic) bond motifs is 1. The van der Waals surface area contributed by atoms with Crippen molar-refractivity contribution in [1.29, 1.82) is 0 Å². The van der Waals surface area contributed by atoms with E-state index >= 15 is 0 Å². The van der Waals surface area contributed by atoms with Crippen molar-refractivity contribution in [2.24, 2.45) is 0 Å². The topological polar surface area (TPSA) is 65.1 Å². The fraction of sp³-hybridized carbons (Fsp3) is 0.238. The minimum atomic E-state index is -1.02. The van der Waals surface area contributed by atoms with Crippen molar-refractivity contribution in [2.75, 3.05) is 27.3 Å². The molecular weight excluding hydrogens is 382 g/mol. The van der Waals surface area contributed by atoms with Crippen molar-refractivity contribution in [1.82, 2.24) is 4.90 Å². The molecule has 0 saturated heterocycles. The van der Waals surface area contributed by atoms with Crippen LogP contribution < -0.4 is 9.47 Å². The largest absolute Gasteiger partial charge is 0.486 e. The van der Waals surface area contributed by atoms with Gasteiger partial charge in [-0.25, -0.2) is 4.79 Å². The van der Waals surface area contributed by atoms with Crippen LogP contribution in [0.3, 0.4) is 0 Å². The second kappa shape index (κ2) is 8.80. The van der Waals surface area contributed by atoms with Gasteiger partial charge in [0.05, 0.1) is 5.02 Å². The lowest BCUT2D eigenvalue weighted by molar-refractivity contribution is -0.155. The van der Waals surface area contributed by atoms with Gasteiger partial charge in [0.15, 0.2) is 11.5 Å². The van der Waals surface area contributed by atoms with Gasteiger partial charge in [-0.3, -0.25) is 4.79 Å². The van der Waals surface area contributed by atoms with E-state index in [-0.39, 0.29) is 5.91 Å². The van der Waals surface area contributed by atoms with Crippen LogP contribution in [0.15, 0.2) is 48.5 Å². The van der Waals surface area contributed by atoms with Crippen molar-refractivity contribution in [3.05, 3.63) is 64.7 Å². The van der Waals surface area contributed by atoms with E-state index in [1.165, 1.54) is 11.0 Å². The van der Waals surface area contributed by atoms with Gasteiger partial charge in [0.2, 0.25) is 6.10 Å². The Hall–Kier alpha value is -2.99. The molecule has 0 aliphatic carbocycles. The highest BCUT2D eigenvalue weighted by molar-refractivity contribution is 6.32. The Morgan fingerprint density at radius 1 is 1.14 bits per heavy atom. The second-order valence-corrected chi connectivity index (χ2v) is 6.73. The number of likely N-dealkylation sites (N-methyl/N-ethyl adjacent to an activating group) is 1. The predicted octanol–water partition coefficient (Wildman–Crippen LogP) is 3.50. The summed E-state index contributed by atoms with van der Waals surface area (Å²) in [6, 6.07) is 12.3. The monoisotopic (exact) mass is 401 g/mol. The number of hydrogen-bond acceptors (Lipinski definition) is 5. The zero-order valence-electron chi connectivity index (χ0n) is 15.6. The van der Waals surface area contributed by atoms with Crippen LogP contribution in [0.5, 0.6) is 11.5 Å². The summed E-state index contributed by atoms with van der Waals surface area (Å²) in [6.07, 6.45) is 1.78. The molecule has 7 heteroatoms. The molecule has 1 atom stereocenters. The first kappa shape index (κ1) is 19.8. The molecule has 0 bridgehead atoms. The molecule has 1 aliphatic heterocycles. The van der Waals surface area contributed by atoms with E-state index in [9.17, 15) is 9.59 Å². The van der Waals surface area contributed by atoms with Crippen LogP contribution in [-0.4, -0.2) is 44.1 Å². The van der Waals surface area contributed by atoms with E-state index in [2.05, 4.69) is 0 Å². The molecule has 2 aromatic rings. The Labute approximate surface area is 168 Å². The molecule has 0 aromatic heterocycles. The summed E-state index contributed by atoms with van der Waals surface area (Å²) in [5.74, 6) is 0.0514. The van der Waals surface area contributed by atoms with Crippen LogP contribution in [0.4, 0.5) is 0 Å². The van der Waals surface area contributed by atoms with E-state index in [1.807, 2.05) is 6.07 Å². The number of esters is 1. The first-order chi connectivity index (χ1) is 13.5. The van der Waals surface area contributed by atoms with E-state index < -0.39 is 12.1 Å². The maximum Gasteiger partial charge on any atom is 0.331 e. The highest BCUT2D eigenvalue weighted by atomic mass is 35.5. The van der Waals surface area contributed by atoms with Gasteiger partial charge in [0.1, 0.15) is 13.2 Å². The van der Waals surface area contributed by atoms with Crippen molar-refractivity contribution in [2.45, 2.75) is 6.10 Å². The Balaban J connectivity index is 1.76. The molecule has 6 nitrogen and oxygen atoms in total. The fourth-order valence-electron chi connectivity index (χ4n) is 2.67. The van der Waals surface area contributed by atoms with Crippen LogP contribution in [0.2, 0.25) is 5.02 Å². The van der Waals surface area contributed by atoms with E-state index in [4.69, 9.17) is 25.8 Å². The van der Waals surface area contributed by atoms with Crippen LogP contribution >= 0.6 is 11.6 Å². The summed E-state index contributed by atoms with van der Waals surface area (Å²) < 4.78 is 16.4. The number of rotatable bonds is 5. The Kier molecular flexibility index (Phi) is 6.21. The predicted molar refractivity (Wildman–Crippen MR) is 105 cm³/mol. The lowest BCUT2D eigenvalue weighted by Crippen LogP contribution is -2.30. The zero-order valence-corrected chi connectivity index (χ0v) is 16.3. The quantitative estimate of drug-likeness (QED) is 0.566. The summed E-state index contributed by atoms with van der Waals surface area (Å²) in [5, 5.41) is 0.398. The molecule has 0 unspecified atom stereocenters. The molecule has 1 aliphatic rings. The minimum Gasteiger partial charge on any atom is -0.486 e. The molecule has 0 fully saturated rings. The molecule has 0 spiro atoms. The molecule has 0 N–H and O–H groups in total. The van der Waals surface area contributed by atoms with E-state index in [0.29, 0.717) is 40.9 Å². The number of carbonyl (C=O) groups excluding carboxylic acids is 2. The molecule has 146 valence electrons. The average molecular weight is 402 g/mol. The third-order valence-corrected chi connectivity index (χ3v) is 4.31. The maximum absolute atomic E-state index is 12.4. The Morgan fingerprint density at radius 3 is 2.57 bits per heavy atom. The van der Waals surface area contributed by atoms with Crippen molar-refractivity contribution in [3.8, 4) is 11.5 Å². The summed E-state index contributed by atoms with van der Waals surface area (Å²) in [4.78, 5) is 26.2. The van der Waals surface area contributed by atoms with Crippen LogP contribution in [0.1, 0.15) is 17.2 Å². The first-order valence-electron chi connectivity index (χ1n) is 8.69. The van der Waals surface area contributed by atoms with Crippen LogP contribution in [0.25, 0.3) is 6.08 Å². The van der Waals surface area contributed by atoms with Gasteiger partial charge >= 0.3 is 5.97 Å². The van der Waals surface area contributed by atoms with E-state index in [0.717, 1.165) is 0 Å². The van der Waals surface area contributed by atoms with Gasteiger partial charge in [-0.15, -0.1) is 0 Å². The number of hydrogen-bond donors (Lipinski definition) is 0. The van der Waals surface area contributed by atoms with Crippen LogP contribution in [0, 0.1) is 0 Å². The summed E-state index contributed by atoms with van der Waals surface area (Å²) in [5.41, 5.74) is 1.26. The number of carbonyl (C=O) groups is 2. The van der Waals surface area contributed by atoms with Gasteiger partial charge in [0.25, 0.3) is 5.91 Å². The standard InChI is InChI=1S/C21H20ClNO5/c1-23(2)21(25)19(15-6-4-3-5-7-15)28-18(24)9-8-14-12-16(22)20-17(13-14)26-10-11-27-20/h3-9,12-13,19H,10-11H2,1-2H3/b9-8+/t19-/m0/s1. The van der Waals surface area contributed by atoms with Gasteiger partial charge in [-0.1, -0.05) is 41.9 Å². The van der Waals surface area contributed by atoms with Gasteiger partial charge in [-0.2, -0.15) is 0 Å². The number of ether oxygens (including phenoxy) is 3. The van der Waals surface area contributed by atoms with Crippen molar-refractivity contribution < 1.29 is 23.8 Å². The number of benzene rings is 2. The zero-order chi connectivity index (χ0) is 20.1. The maximum atomic E-state index is 12.4. The Morgan fingerprint density at radius 2 is 1.86 bits per heavy atom. The van der Waals surface area contributed by atoms with E-state index in [1.54, 1.807) is 56.6 Å². The molecule has 1 heterocycles. The third-order valence-electron chi connectivity index (χ3n) is 4.03. The van der Waals surface area contributed by atoms with Gasteiger partial charge < -0.3 is 19.1 Å². The van der Waals surface area contributed by atoms with Crippen molar-refractivity contribution in [3.63, 3.8) is 0 Å². The summed E-state index contributed by atoms with van der Waals surface area (Å²) >= 11 is 6.20. The number of halogens is 1. The summed E-state index contributed by atoms with van der Waals surface area (Å²) in [6.45, 7) is 0.874. The average Bonchev–Trinajstić information content (AvgIpc) is 2.70. The third kappa shape index (κ3) is 4.64. The normalized spacial score (nSPS) is 13.8. The minimum absolute atomic E-state index is 0.324. The molecule has 2 aromatic carbocycles. The molecular formula is C21H20ClNO5. The van der Waals surface area contributed by atoms with Crippen LogP contribution in [-0.2, 0) is 14.3 Å². The van der Waals surface area contributed by atoms with Gasteiger partial charge in [0, 0.05) is 25.7 Å². The first-order valence-corrected chi connectivity index (χ1v) is 9.07. The highest BCUT2D eigenvalue weighted by Gasteiger charge is 2.25. The highest BCUT2D eigenvalue weighted by Crippen LogP contribution is 2.38. The number of amides is 1. The fourth-order valence-corrected chi connectivity index (χ4v) is 2.94. The molecule has 28 heavy (non-hydrogen) atoms. The Bertz CT molecular complexity index is 895. The summed E-state index contributed by atoms with van der Waals surface area (Å²) in [7, 11) is 3.22. The smallest absolute Gasteiger partial charge is 0.331 e. The molecule has 1 amide bonds. The second-order valence-electron chi connectivity index (χ2n) is 6.32. The molecule has 0 radical (unpaired) electrons. The SMILES string of the molecule is CN(C)C(=O)[C@@H](OC(=O)/C=C/c1cc(Cl)c2c(c1)OCCO2)c1ccccc1. The lowest BCUT2D eigenvalue weighted by atomic mass is 10.1. The lowest BCUT2D eigenvalue weighted by Gasteiger charge is -2.20. The van der Waals surface area contributed by atoms with Crippen molar-refractivity contribution >= 4 is 29.6 Å². The molecule has 0 saturated carbocycles. The molecule has 3 rings (SSSR count).